The Morgan fingerprint density at radius 2 is 1.88 bits per heavy atom. The van der Waals surface area contributed by atoms with E-state index in [1.165, 1.54) is 6.08 Å². The summed E-state index contributed by atoms with van der Waals surface area (Å²) in [5.74, 6) is 1.20. The predicted octanol–water partition coefficient (Wildman–Crippen LogP) is 7.42. The van der Waals surface area contributed by atoms with E-state index in [0.717, 1.165) is 11.1 Å². The molecule has 0 saturated heterocycles. The summed E-state index contributed by atoms with van der Waals surface area (Å²) in [6.07, 6.45) is 4.65. The third-order valence-electron chi connectivity index (χ3n) is 5.21. The number of furan rings is 1. The normalized spacial score (nSPS) is 11.4. The van der Waals surface area contributed by atoms with Gasteiger partial charge in [-0.05, 0) is 73.2 Å². The van der Waals surface area contributed by atoms with Crippen LogP contribution >= 0.6 is 23.2 Å². The Balaban J connectivity index is 1.33. The Morgan fingerprint density at radius 1 is 1.00 bits per heavy atom. The van der Waals surface area contributed by atoms with Crippen molar-refractivity contribution in [2.24, 2.45) is 0 Å². The van der Waals surface area contributed by atoms with Gasteiger partial charge in [-0.2, -0.15) is 4.98 Å². The van der Waals surface area contributed by atoms with Gasteiger partial charge in [0.1, 0.15) is 11.5 Å². The van der Waals surface area contributed by atoms with Crippen molar-refractivity contribution in [2.45, 2.75) is 6.92 Å². The van der Waals surface area contributed by atoms with Crippen LogP contribution in [0.25, 0.3) is 40.1 Å². The van der Waals surface area contributed by atoms with Gasteiger partial charge in [-0.25, -0.2) is 4.98 Å². The summed E-state index contributed by atoms with van der Waals surface area (Å²) in [6, 6.07) is 17.8. The number of oxazole rings is 1. The molecule has 5 aromatic rings. The van der Waals surface area contributed by atoms with Crippen molar-refractivity contribution >= 4 is 52.1 Å². The molecule has 6 nitrogen and oxygen atoms in total. The van der Waals surface area contributed by atoms with Gasteiger partial charge in [-0.3, -0.25) is 4.79 Å². The molecule has 0 radical (unpaired) electrons. The number of fused-ring (bicyclic) bond motifs is 1. The van der Waals surface area contributed by atoms with E-state index in [2.05, 4.69) is 15.3 Å². The monoisotopic (exact) mass is 489 g/mol. The first-order chi connectivity index (χ1) is 16.5. The largest absolute Gasteiger partial charge is 0.457 e. The van der Waals surface area contributed by atoms with E-state index >= 15 is 0 Å². The number of nitrogens with one attached hydrogen (secondary N) is 1. The second kappa shape index (κ2) is 9.17. The van der Waals surface area contributed by atoms with Crippen molar-refractivity contribution in [1.29, 1.82) is 0 Å². The van der Waals surface area contributed by atoms with Crippen molar-refractivity contribution < 1.29 is 13.6 Å². The van der Waals surface area contributed by atoms with Crippen LogP contribution in [0.5, 0.6) is 0 Å². The fraction of sp³-hybridized carbons (Fsp3) is 0.0385. The summed E-state index contributed by atoms with van der Waals surface area (Å²) < 4.78 is 11.6. The van der Waals surface area contributed by atoms with E-state index in [1.807, 2.05) is 31.2 Å². The molecule has 1 amide bonds. The van der Waals surface area contributed by atoms with Crippen molar-refractivity contribution in [2.75, 3.05) is 5.32 Å². The highest BCUT2D eigenvalue weighted by molar-refractivity contribution is 6.35. The van der Waals surface area contributed by atoms with Crippen LogP contribution in [-0.4, -0.2) is 15.9 Å². The summed E-state index contributed by atoms with van der Waals surface area (Å²) in [5.41, 5.74) is 4.06. The van der Waals surface area contributed by atoms with Gasteiger partial charge in [0.2, 0.25) is 11.8 Å². The molecular weight excluding hydrogens is 473 g/mol. The van der Waals surface area contributed by atoms with Crippen LogP contribution in [0, 0.1) is 6.92 Å². The molecule has 0 saturated carbocycles. The van der Waals surface area contributed by atoms with E-state index in [-0.39, 0.29) is 5.91 Å². The first-order valence-corrected chi connectivity index (χ1v) is 11.1. The van der Waals surface area contributed by atoms with Crippen molar-refractivity contribution in [3.8, 4) is 22.8 Å². The summed E-state index contributed by atoms with van der Waals surface area (Å²) >= 11 is 12.3. The summed E-state index contributed by atoms with van der Waals surface area (Å²) in [7, 11) is 0. The minimum atomic E-state index is -0.307. The molecule has 34 heavy (non-hydrogen) atoms. The fourth-order valence-electron chi connectivity index (χ4n) is 3.49. The highest BCUT2D eigenvalue weighted by atomic mass is 35.5. The topological polar surface area (TPSA) is 81.2 Å². The predicted molar refractivity (Wildman–Crippen MR) is 134 cm³/mol. The van der Waals surface area contributed by atoms with Crippen LogP contribution in [0.3, 0.4) is 0 Å². The highest BCUT2D eigenvalue weighted by Crippen LogP contribution is 2.32. The Hall–Kier alpha value is -3.87. The first-order valence-electron chi connectivity index (χ1n) is 10.3. The third kappa shape index (κ3) is 4.46. The molecule has 0 aliphatic heterocycles. The van der Waals surface area contributed by atoms with Crippen molar-refractivity contribution in [3.63, 3.8) is 0 Å². The van der Waals surface area contributed by atoms with Crippen molar-refractivity contribution in [1.82, 2.24) is 9.97 Å². The minimum Gasteiger partial charge on any atom is -0.457 e. The molecule has 8 heteroatoms. The lowest BCUT2D eigenvalue weighted by atomic mass is 10.1. The molecule has 3 aromatic heterocycles. The lowest BCUT2D eigenvalue weighted by Gasteiger charge is -2.09. The Morgan fingerprint density at radius 3 is 2.74 bits per heavy atom. The van der Waals surface area contributed by atoms with Crippen LogP contribution in [-0.2, 0) is 4.79 Å². The maximum Gasteiger partial charge on any atom is 0.248 e. The van der Waals surface area contributed by atoms with E-state index in [9.17, 15) is 4.79 Å². The zero-order valence-electron chi connectivity index (χ0n) is 17.9. The maximum absolute atomic E-state index is 12.6. The van der Waals surface area contributed by atoms with E-state index in [1.54, 1.807) is 48.7 Å². The highest BCUT2D eigenvalue weighted by Gasteiger charge is 2.14. The van der Waals surface area contributed by atoms with Gasteiger partial charge in [0, 0.05) is 34.1 Å². The Kier molecular flexibility index (Phi) is 5.92. The number of nitrogens with zero attached hydrogens (tertiary/aromatic N) is 2. The number of carbonyl (C=O) groups excluding carboxylic acids is 1. The smallest absolute Gasteiger partial charge is 0.248 e. The molecule has 0 atom stereocenters. The number of amides is 1. The SMILES string of the molecule is Cc1c(NC(=O)C=Cc2ccc(-c3cc(Cl)ccc3Cl)o2)cccc1-c1nc2ncccc2o1. The molecule has 2 aromatic carbocycles. The van der Waals surface area contributed by atoms with Gasteiger partial charge in [-0.15, -0.1) is 0 Å². The Labute approximate surface area is 204 Å². The van der Waals surface area contributed by atoms with Crippen LogP contribution < -0.4 is 5.32 Å². The van der Waals surface area contributed by atoms with Crippen molar-refractivity contribution in [3.05, 3.63) is 94.3 Å². The number of anilines is 1. The molecule has 0 spiro atoms. The van der Waals surface area contributed by atoms with Crippen LogP contribution in [0.1, 0.15) is 11.3 Å². The summed E-state index contributed by atoms with van der Waals surface area (Å²) in [5, 5.41) is 3.97. The van der Waals surface area contributed by atoms with Gasteiger partial charge < -0.3 is 14.2 Å². The van der Waals surface area contributed by atoms with Crippen LogP contribution in [0.2, 0.25) is 10.0 Å². The summed E-state index contributed by atoms with van der Waals surface area (Å²) in [4.78, 5) is 21.2. The molecule has 1 N–H and O–H groups in total. The van der Waals surface area contributed by atoms with Gasteiger partial charge >= 0.3 is 0 Å². The quantitative estimate of drug-likeness (QED) is 0.259. The van der Waals surface area contributed by atoms with Crippen LogP contribution in [0.15, 0.2) is 81.8 Å². The number of rotatable bonds is 5. The van der Waals surface area contributed by atoms with Gasteiger partial charge in [-0.1, -0.05) is 29.3 Å². The van der Waals surface area contributed by atoms with E-state index < -0.39 is 0 Å². The van der Waals surface area contributed by atoms with Gasteiger partial charge in [0.15, 0.2) is 11.2 Å². The number of benzene rings is 2. The molecule has 0 fully saturated rings. The standard InChI is InChI=1S/C26H17Cl2N3O3/c1-15-18(26-31-25-23(34-26)6-3-13-29-25)4-2-5-21(15)30-24(32)12-9-17-8-11-22(33-17)19-14-16(27)7-10-20(19)28/h2-14H,1H3,(H,30,32). The fourth-order valence-corrected chi connectivity index (χ4v) is 3.88. The lowest BCUT2D eigenvalue weighted by Crippen LogP contribution is -2.09. The lowest BCUT2D eigenvalue weighted by molar-refractivity contribution is -0.111. The van der Waals surface area contributed by atoms with Gasteiger partial charge in [0.05, 0.1) is 5.02 Å². The second-order valence-electron chi connectivity index (χ2n) is 7.47. The first kappa shape index (κ1) is 21.9. The molecular formula is C26H17Cl2N3O3. The number of aromatic nitrogens is 2. The molecule has 3 heterocycles. The molecule has 5 rings (SSSR count). The van der Waals surface area contributed by atoms with E-state index in [4.69, 9.17) is 32.0 Å². The average Bonchev–Trinajstić information content (AvgIpc) is 3.48. The molecule has 0 bridgehead atoms. The van der Waals surface area contributed by atoms with E-state index in [0.29, 0.717) is 49.9 Å². The molecule has 0 unspecified atom stereocenters. The average molecular weight is 490 g/mol. The molecule has 0 aliphatic carbocycles. The Bertz CT molecular complexity index is 1520. The number of carbonyl (C=O) groups is 1. The number of pyridine rings is 1. The minimum absolute atomic E-state index is 0.307. The van der Waals surface area contributed by atoms with Crippen LogP contribution in [0.4, 0.5) is 5.69 Å². The third-order valence-corrected chi connectivity index (χ3v) is 5.77. The number of halogens is 2. The second-order valence-corrected chi connectivity index (χ2v) is 8.31. The zero-order chi connectivity index (χ0) is 23.7. The number of hydrogen-bond acceptors (Lipinski definition) is 5. The zero-order valence-corrected chi connectivity index (χ0v) is 19.4. The van der Waals surface area contributed by atoms with Gasteiger partial charge in [0.25, 0.3) is 0 Å². The molecule has 168 valence electrons. The number of hydrogen-bond donors (Lipinski definition) is 1. The molecule has 0 aliphatic rings. The summed E-state index contributed by atoms with van der Waals surface area (Å²) in [6.45, 7) is 1.89. The maximum atomic E-state index is 12.6.